The van der Waals surface area contributed by atoms with Gasteiger partial charge in [0.1, 0.15) is 0 Å². The van der Waals surface area contributed by atoms with E-state index >= 15 is 0 Å². The van der Waals surface area contributed by atoms with Gasteiger partial charge in [-0.1, -0.05) is 6.92 Å². The second-order valence-corrected chi connectivity index (χ2v) is 7.95. The molecule has 0 amide bonds. The van der Waals surface area contributed by atoms with E-state index in [0.29, 0.717) is 16.3 Å². The predicted octanol–water partition coefficient (Wildman–Crippen LogP) is 2.31. The lowest BCUT2D eigenvalue weighted by Crippen LogP contribution is -2.23. The van der Waals surface area contributed by atoms with Crippen molar-refractivity contribution in [2.45, 2.75) is 31.3 Å². The number of thiophene rings is 2. The molecule has 0 aliphatic heterocycles. The average molecular weight is 316 g/mol. The molecule has 0 unspecified atom stereocenters. The maximum atomic E-state index is 12.2. The lowest BCUT2D eigenvalue weighted by molar-refractivity contribution is 0.581. The fourth-order valence-corrected chi connectivity index (χ4v) is 5.00. The standard InChI is InChI=1S/C12H16N2O2S3/c1-2-9-3-4-10(18-9)8-14-19(15,16)12-5-6-17-11(12)7-13/h3-6,14H,2,7-8,13H2,1H3. The molecule has 19 heavy (non-hydrogen) atoms. The van der Waals surface area contributed by atoms with Crippen LogP contribution in [0.1, 0.15) is 21.6 Å². The Morgan fingerprint density at radius 2 is 2.00 bits per heavy atom. The summed E-state index contributed by atoms with van der Waals surface area (Å²) in [4.78, 5) is 3.26. The van der Waals surface area contributed by atoms with Crippen LogP contribution in [-0.4, -0.2) is 8.42 Å². The molecule has 0 aliphatic carbocycles. The molecule has 104 valence electrons. The van der Waals surface area contributed by atoms with E-state index in [1.165, 1.54) is 16.2 Å². The molecule has 0 atom stereocenters. The van der Waals surface area contributed by atoms with Gasteiger partial charge in [-0.2, -0.15) is 0 Å². The summed E-state index contributed by atoms with van der Waals surface area (Å²) < 4.78 is 27.0. The van der Waals surface area contributed by atoms with Crippen LogP contribution in [-0.2, 0) is 29.5 Å². The van der Waals surface area contributed by atoms with Gasteiger partial charge in [-0.05, 0) is 30.0 Å². The number of nitrogens with one attached hydrogen (secondary N) is 1. The van der Waals surface area contributed by atoms with Crippen molar-refractivity contribution in [2.75, 3.05) is 0 Å². The van der Waals surface area contributed by atoms with Crippen LogP contribution in [0.5, 0.6) is 0 Å². The number of hydrogen-bond acceptors (Lipinski definition) is 5. The van der Waals surface area contributed by atoms with Crippen molar-refractivity contribution in [1.29, 1.82) is 0 Å². The number of nitrogens with two attached hydrogens (primary N) is 1. The highest BCUT2D eigenvalue weighted by Gasteiger charge is 2.18. The van der Waals surface area contributed by atoms with Crippen molar-refractivity contribution >= 4 is 32.7 Å². The molecule has 0 saturated carbocycles. The van der Waals surface area contributed by atoms with E-state index in [9.17, 15) is 8.42 Å². The third-order valence-electron chi connectivity index (χ3n) is 2.68. The van der Waals surface area contributed by atoms with E-state index in [1.54, 1.807) is 22.8 Å². The first-order valence-corrected chi connectivity index (χ1v) is 9.08. The Morgan fingerprint density at radius 1 is 1.26 bits per heavy atom. The molecule has 0 bridgehead atoms. The van der Waals surface area contributed by atoms with E-state index in [4.69, 9.17) is 5.73 Å². The van der Waals surface area contributed by atoms with Crippen LogP contribution in [0.15, 0.2) is 28.5 Å². The molecule has 3 N–H and O–H groups in total. The Balaban J connectivity index is 2.09. The fourth-order valence-electron chi connectivity index (χ4n) is 1.67. The molecule has 0 aliphatic rings. The normalized spacial score (nSPS) is 11.9. The summed E-state index contributed by atoms with van der Waals surface area (Å²) in [7, 11) is -3.47. The van der Waals surface area contributed by atoms with Gasteiger partial charge in [-0.3, -0.25) is 0 Å². The quantitative estimate of drug-likeness (QED) is 0.859. The first-order chi connectivity index (χ1) is 9.06. The minimum atomic E-state index is -3.47. The summed E-state index contributed by atoms with van der Waals surface area (Å²) in [5.41, 5.74) is 5.54. The zero-order valence-electron chi connectivity index (χ0n) is 10.5. The van der Waals surface area contributed by atoms with Gasteiger partial charge in [0.25, 0.3) is 0 Å². The number of hydrogen-bond donors (Lipinski definition) is 2. The molecule has 2 rings (SSSR count). The van der Waals surface area contributed by atoms with Gasteiger partial charge in [0.05, 0.1) is 4.90 Å². The fraction of sp³-hybridized carbons (Fsp3) is 0.333. The summed E-state index contributed by atoms with van der Waals surface area (Å²) in [6, 6.07) is 5.59. The average Bonchev–Trinajstić information content (AvgIpc) is 3.05. The zero-order valence-corrected chi connectivity index (χ0v) is 13.0. The number of rotatable bonds is 6. The minimum Gasteiger partial charge on any atom is -0.326 e. The largest absolute Gasteiger partial charge is 0.326 e. The van der Waals surface area contributed by atoms with E-state index in [-0.39, 0.29) is 6.54 Å². The highest BCUT2D eigenvalue weighted by molar-refractivity contribution is 7.89. The maximum Gasteiger partial charge on any atom is 0.242 e. The van der Waals surface area contributed by atoms with E-state index in [0.717, 1.165) is 11.3 Å². The second-order valence-electron chi connectivity index (χ2n) is 3.96. The Kier molecular flexibility index (Phi) is 4.75. The van der Waals surface area contributed by atoms with Gasteiger partial charge in [0.2, 0.25) is 10.0 Å². The Bertz CT molecular complexity index is 643. The molecular formula is C12H16N2O2S3. The van der Waals surface area contributed by atoms with Crippen LogP contribution in [0.2, 0.25) is 0 Å². The predicted molar refractivity (Wildman–Crippen MR) is 79.9 cm³/mol. The highest BCUT2D eigenvalue weighted by atomic mass is 32.2. The van der Waals surface area contributed by atoms with Gasteiger partial charge < -0.3 is 5.73 Å². The van der Waals surface area contributed by atoms with Crippen molar-refractivity contribution in [2.24, 2.45) is 5.73 Å². The summed E-state index contributed by atoms with van der Waals surface area (Å²) in [6.07, 6.45) is 0.971. The van der Waals surface area contributed by atoms with E-state index < -0.39 is 10.0 Å². The van der Waals surface area contributed by atoms with Crippen molar-refractivity contribution in [1.82, 2.24) is 4.72 Å². The molecule has 2 heterocycles. The second kappa shape index (κ2) is 6.15. The first-order valence-electron chi connectivity index (χ1n) is 5.90. The molecule has 0 aromatic carbocycles. The summed E-state index contributed by atoms with van der Waals surface area (Å²) in [5, 5.41) is 1.75. The lowest BCUT2D eigenvalue weighted by atomic mass is 10.4. The van der Waals surface area contributed by atoms with E-state index in [2.05, 4.69) is 11.6 Å². The Labute approximate surface area is 121 Å². The van der Waals surface area contributed by atoms with Crippen LogP contribution >= 0.6 is 22.7 Å². The third-order valence-corrected chi connectivity index (χ3v) is 6.47. The summed E-state index contributed by atoms with van der Waals surface area (Å²) in [5.74, 6) is 0. The molecule has 2 aromatic rings. The Hall–Kier alpha value is -0.730. The smallest absolute Gasteiger partial charge is 0.242 e. The molecule has 7 heteroatoms. The zero-order chi connectivity index (χ0) is 13.9. The van der Waals surface area contributed by atoms with Crippen LogP contribution in [0, 0.1) is 0 Å². The topological polar surface area (TPSA) is 72.2 Å². The summed E-state index contributed by atoms with van der Waals surface area (Å²) in [6.45, 7) is 2.65. The van der Waals surface area contributed by atoms with Crippen LogP contribution in [0.3, 0.4) is 0 Å². The first kappa shape index (κ1) is 14.7. The molecule has 0 radical (unpaired) electrons. The SMILES string of the molecule is CCc1ccc(CNS(=O)(=O)c2ccsc2CN)s1. The van der Waals surface area contributed by atoms with Crippen molar-refractivity contribution in [3.05, 3.63) is 38.2 Å². The van der Waals surface area contributed by atoms with Gasteiger partial charge >= 0.3 is 0 Å². The van der Waals surface area contributed by atoms with Gasteiger partial charge in [-0.15, -0.1) is 22.7 Å². The summed E-state index contributed by atoms with van der Waals surface area (Å²) >= 11 is 3.00. The molecule has 4 nitrogen and oxygen atoms in total. The number of sulfonamides is 1. The van der Waals surface area contributed by atoms with Gasteiger partial charge in [0, 0.05) is 27.7 Å². The maximum absolute atomic E-state index is 12.2. The van der Waals surface area contributed by atoms with E-state index in [1.807, 2.05) is 12.1 Å². The third kappa shape index (κ3) is 3.43. The molecule has 0 saturated heterocycles. The van der Waals surface area contributed by atoms with Crippen molar-refractivity contribution in [3.63, 3.8) is 0 Å². The molecule has 0 spiro atoms. The minimum absolute atomic E-state index is 0.243. The van der Waals surface area contributed by atoms with Crippen molar-refractivity contribution < 1.29 is 8.42 Å². The van der Waals surface area contributed by atoms with Crippen LogP contribution in [0.25, 0.3) is 0 Å². The molecular weight excluding hydrogens is 300 g/mol. The van der Waals surface area contributed by atoms with Crippen molar-refractivity contribution in [3.8, 4) is 0 Å². The van der Waals surface area contributed by atoms with Crippen LogP contribution in [0.4, 0.5) is 0 Å². The molecule has 2 aromatic heterocycles. The van der Waals surface area contributed by atoms with Gasteiger partial charge in [-0.25, -0.2) is 13.1 Å². The highest BCUT2D eigenvalue weighted by Crippen LogP contribution is 2.22. The van der Waals surface area contributed by atoms with Gasteiger partial charge in [0.15, 0.2) is 0 Å². The monoisotopic (exact) mass is 316 g/mol. The Morgan fingerprint density at radius 3 is 2.63 bits per heavy atom. The lowest BCUT2D eigenvalue weighted by Gasteiger charge is -2.05. The number of aryl methyl sites for hydroxylation is 1. The molecule has 0 fully saturated rings. The van der Waals surface area contributed by atoms with Crippen LogP contribution < -0.4 is 10.5 Å².